The Balaban J connectivity index is 1.48. The molecule has 27 heavy (non-hydrogen) atoms. The fraction of sp³-hybridized carbons (Fsp3) is 0.600. The zero-order valence-corrected chi connectivity index (χ0v) is 16.4. The van der Waals surface area contributed by atoms with Crippen LogP contribution in [0, 0.1) is 0 Å². The summed E-state index contributed by atoms with van der Waals surface area (Å²) in [7, 11) is 4.20. The number of hydrogen-bond donors (Lipinski definition) is 2. The average Bonchev–Trinajstić information content (AvgIpc) is 3.07. The van der Waals surface area contributed by atoms with Crippen molar-refractivity contribution in [2.75, 3.05) is 58.7 Å². The van der Waals surface area contributed by atoms with Crippen LogP contribution < -0.4 is 10.6 Å². The zero-order chi connectivity index (χ0) is 19.2. The van der Waals surface area contributed by atoms with Crippen LogP contribution in [0.3, 0.4) is 0 Å². The van der Waals surface area contributed by atoms with Gasteiger partial charge in [-0.15, -0.1) is 0 Å². The van der Waals surface area contributed by atoms with E-state index in [0.29, 0.717) is 23.8 Å². The lowest BCUT2D eigenvalue weighted by Gasteiger charge is -2.32. The van der Waals surface area contributed by atoms with Gasteiger partial charge < -0.3 is 25.3 Å². The summed E-state index contributed by atoms with van der Waals surface area (Å²) < 4.78 is 0. The topological polar surface area (TPSA) is 67.9 Å². The highest BCUT2D eigenvalue weighted by atomic mass is 16.2. The molecule has 3 rings (SSSR count). The van der Waals surface area contributed by atoms with Gasteiger partial charge in [-0.3, -0.25) is 4.79 Å². The first kappa shape index (κ1) is 19.6. The Bertz CT molecular complexity index is 658. The van der Waals surface area contributed by atoms with Gasteiger partial charge in [0.05, 0.1) is 0 Å². The molecule has 0 aromatic heterocycles. The van der Waals surface area contributed by atoms with E-state index in [-0.39, 0.29) is 11.9 Å². The molecule has 0 bridgehead atoms. The highest BCUT2D eigenvalue weighted by molar-refractivity contribution is 5.97. The maximum atomic E-state index is 12.7. The van der Waals surface area contributed by atoms with Gasteiger partial charge in [0, 0.05) is 50.0 Å². The predicted molar refractivity (Wildman–Crippen MR) is 107 cm³/mol. The Kier molecular flexibility index (Phi) is 6.68. The number of carbonyl (C=O) groups is 2. The molecular weight excluding hydrogens is 342 g/mol. The van der Waals surface area contributed by atoms with E-state index in [1.165, 1.54) is 12.8 Å². The Morgan fingerprint density at radius 1 is 1.11 bits per heavy atom. The first-order chi connectivity index (χ1) is 13.0. The SMILES string of the molecule is CN1CCN(C(=O)c2cccc(NC(=O)NCCC3CCCN3C)c2)CC1. The number of piperazine rings is 1. The van der Waals surface area contributed by atoms with Crippen LogP contribution in [0.1, 0.15) is 29.6 Å². The van der Waals surface area contributed by atoms with Crippen LogP contribution >= 0.6 is 0 Å². The molecule has 1 unspecified atom stereocenters. The van der Waals surface area contributed by atoms with Crippen molar-refractivity contribution in [2.45, 2.75) is 25.3 Å². The minimum atomic E-state index is -0.222. The molecule has 0 radical (unpaired) electrons. The van der Waals surface area contributed by atoms with Crippen LogP contribution in [0.25, 0.3) is 0 Å². The van der Waals surface area contributed by atoms with Crippen LogP contribution in [0.4, 0.5) is 10.5 Å². The highest BCUT2D eigenvalue weighted by Gasteiger charge is 2.21. The first-order valence-electron chi connectivity index (χ1n) is 9.86. The summed E-state index contributed by atoms with van der Waals surface area (Å²) in [6, 6.07) is 7.52. The number of carbonyl (C=O) groups excluding carboxylic acids is 2. The van der Waals surface area contributed by atoms with Crippen molar-refractivity contribution in [3.63, 3.8) is 0 Å². The quantitative estimate of drug-likeness (QED) is 0.824. The number of likely N-dealkylation sites (N-methyl/N-ethyl adjacent to an activating group) is 1. The monoisotopic (exact) mass is 373 g/mol. The van der Waals surface area contributed by atoms with Gasteiger partial charge in [-0.1, -0.05) is 6.07 Å². The van der Waals surface area contributed by atoms with Crippen molar-refractivity contribution in [3.8, 4) is 0 Å². The Morgan fingerprint density at radius 3 is 2.59 bits per heavy atom. The van der Waals surface area contributed by atoms with Crippen LogP contribution in [0.15, 0.2) is 24.3 Å². The van der Waals surface area contributed by atoms with Gasteiger partial charge in [-0.2, -0.15) is 0 Å². The summed E-state index contributed by atoms with van der Waals surface area (Å²) in [5, 5.41) is 5.76. The Morgan fingerprint density at radius 2 is 1.89 bits per heavy atom. The number of rotatable bonds is 5. The molecule has 2 aliphatic heterocycles. The lowest BCUT2D eigenvalue weighted by Crippen LogP contribution is -2.47. The van der Waals surface area contributed by atoms with Gasteiger partial charge in [0.2, 0.25) is 0 Å². The fourth-order valence-corrected chi connectivity index (χ4v) is 3.79. The molecule has 1 aromatic carbocycles. The number of urea groups is 1. The van der Waals surface area contributed by atoms with Gasteiger partial charge >= 0.3 is 6.03 Å². The van der Waals surface area contributed by atoms with E-state index < -0.39 is 0 Å². The van der Waals surface area contributed by atoms with E-state index in [1.54, 1.807) is 12.1 Å². The highest BCUT2D eigenvalue weighted by Crippen LogP contribution is 2.17. The van der Waals surface area contributed by atoms with Gasteiger partial charge in [0.15, 0.2) is 0 Å². The molecule has 2 fully saturated rings. The fourth-order valence-electron chi connectivity index (χ4n) is 3.79. The molecule has 148 valence electrons. The van der Waals surface area contributed by atoms with E-state index in [9.17, 15) is 9.59 Å². The summed E-state index contributed by atoms with van der Waals surface area (Å²) >= 11 is 0. The lowest BCUT2D eigenvalue weighted by atomic mass is 10.1. The number of nitrogens with one attached hydrogen (secondary N) is 2. The van der Waals surface area contributed by atoms with Crippen molar-refractivity contribution in [1.82, 2.24) is 20.0 Å². The molecular formula is C20H31N5O2. The van der Waals surface area contributed by atoms with E-state index in [4.69, 9.17) is 0 Å². The maximum Gasteiger partial charge on any atom is 0.319 e. The molecule has 2 heterocycles. The van der Waals surface area contributed by atoms with Crippen LogP contribution in [0.2, 0.25) is 0 Å². The van der Waals surface area contributed by atoms with Gasteiger partial charge in [0.1, 0.15) is 0 Å². The van der Waals surface area contributed by atoms with Crippen LogP contribution in [-0.2, 0) is 0 Å². The average molecular weight is 374 g/mol. The van der Waals surface area contributed by atoms with Crippen molar-refractivity contribution >= 4 is 17.6 Å². The third-order valence-corrected chi connectivity index (χ3v) is 5.59. The second kappa shape index (κ2) is 9.19. The summed E-state index contributed by atoms with van der Waals surface area (Å²) in [5.74, 6) is 0.0245. The summed E-state index contributed by atoms with van der Waals surface area (Å²) in [5.41, 5.74) is 1.26. The number of nitrogens with zero attached hydrogens (tertiary/aromatic N) is 3. The summed E-state index contributed by atoms with van der Waals surface area (Å²) in [6.07, 6.45) is 3.41. The number of anilines is 1. The predicted octanol–water partition coefficient (Wildman–Crippen LogP) is 1.68. The molecule has 2 saturated heterocycles. The van der Waals surface area contributed by atoms with E-state index in [2.05, 4.69) is 34.5 Å². The number of amides is 3. The molecule has 0 spiro atoms. The largest absolute Gasteiger partial charge is 0.338 e. The maximum absolute atomic E-state index is 12.7. The van der Waals surface area contributed by atoms with E-state index >= 15 is 0 Å². The molecule has 0 aliphatic carbocycles. The minimum Gasteiger partial charge on any atom is -0.338 e. The van der Waals surface area contributed by atoms with E-state index in [1.807, 2.05) is 17.0 Å². The summed E-state index contributed by atoms with van der Waals surface area (Å²) in [4.78, 5) is 31.3. The summed E-state index contributed by atoms with van der Waals surface area (Å²) in [6.45, 7) is 5.06. The van der Waals surface area contributed by atoms with Gasteiger partial charge in [-0.25, -0.2) is 4.79 Å². The number of benzene rings is 1. The molecule has 1 aromatic rings. The second-order valence-electron chi connectivity index (χ2n) is 7.62. The smallest absolute Gasteiger partial charge is 0.319 e. The van der Waals surface area contributed by atoms with Crippen molar-refractivity contribution < 1.29 is 9.59 Å². The second-order valence-corrected chi connectivity index (χ2v) is 7.62. The zero-order valence-electron chi connectivity index (χ0n) is 16.4. The van der Waals surface area contributed by atoms with Crippen LogP contribution in [-0.4, -0.2) is 86.0 Å². The normalized spacial score (nSPS) is 21.3. The Hall–Kier alpha value is -2.12. The van der Waals surface area contributed by atoms with Crippen molar-refractivity contribution in [3.05, 3.63) is 29.8 Å². The standard InChI is InChI=1S/C20H31N5O2/c1-23-11-13-25(14-12-23)19(26)16-5-3-6-17(15-16)22-20(27)21-9-8-18-7-4-10-24(18)2/h3,5-6,15,18H,4,7-14H2,1-2H3,(H2,21,22,27). The number of likely N-dealkylation sites (tertiary alicyclic amines) is 1. The Labute approximate surface area is 161 Å². The molecule has 2 aliphatic rings. The minimum absolute atomic E-state index is 0.0245. The van der Waals surface area contributed by atoms with Crippen molar-refractivity contribution in [2.24, 2.45) is 0 Å². The number of hydrogen-bond acceptors (Lipinski definition) is 4. The molecule has 1 atom stereocenters. The van der Waals surface area contributed by atoms with Crippen molar-refractivity contribution in [1.29, 1.82) is 0 Å². The molecule has 7 nitrogen and oxygen atoms in total. The van der Waals surface area contributed by atoms with Gasteiger partial charge in [-0.05, 0) is 58.1 Å². The molecule has 3 amide bonds. The molecule has 2 N–H and O–H groups in total. The third kappa shape index (κ3) is 5.43. The van der Waals surface area contributed by atoms with Gasteiger partial charge in [0.25, 0.3) is 5.91 Å². The first-order valence-corrected chi connectivity index (χ1v) is 9.86. The lowest BCUT2D eigenvalue weighted by molar-refractivity contribution is 0.0664. The van der Waals surface area contributed by atoms with E-state index in [0.717, 1.165) is 39.1 Å². The molecule has 7 heteroatoms. The third-order valence-electron chi connectivity index (χ3n) is 5.59. The molecule has 0 saturated carbocycles. The van der Waals surface area contributed by atoms with Crippen LogP contribution in [0.5, 0.6) is 0 Å².